The first-order chi connectivity index (χ1) is 20.3. The first kappa shape index (κ1) is 31.4. The van der Waals surface area contributed by atoms with E-state index in [0.29, 0.717) is 46.5 Å². The minimum absolute atomic E-state index is 0.144. The predicted molar refractivity (Wildman–Crippen MR) is 158 cm³/mol. The maximum atomic E-state index is 12.8. The second-order valence-electron chi connectivity index (χ2n) is 8.71. The number of esters is 1. The van der Waals surface area contributed by atoms with E-state index in [1.165, 1.54) is 47.7 Å². The fourth-order valence-corrected chi connectivity index (χ4v) is 4.03. The lowest BCUT2D eigenvalue weighted by molar-refractivity contribution is -0.116. The molecule has 0 saturated carbocycles. The van der Waals surface area contributed by atoms with Gasteiger partial charge >= 0.3 is 12.0 Å². The summed E-state index contributed by atoms with van der Waals surface area (Å²) in [7, 11) is 7.39. The molecule has 224 valence electrons. The fourth-order valence-electron chi connectivity index (χ4n) is 4.03. The number of ether oxygens (including phenoxy) is 6. The Kier molecular flexibility index (Phi) is 11.2. The summed E-state index contributed by atoms with van der Waals surface area (Å²) in [5.41, 5.74) is 2.29. The van der Waals surface area contributed by atoms with Crippen LogP contribution in [0.5, 0.6) is 28.7 Å². The zero-order valence-corrected chi connectivity index (χ0v) is 24.4. The van der Waals surface area contributed by atoms with E-state index in [-0.39, 0.29) is 30.2 Å². The average Bonchev–Trinajstić information content (AvgIpc) is 2.99. The van der Waals surface area contributed by atoms with Crippen molar-refractivity contribution >= 4 is 35.0 Å². The molecule has 0 aromatic heterocycles. The van der Waals surface area contributed by atoms with Gasteiger partial charge in [-0.25, -0.2) is 9.59 Å². The molecule has 0 unspecified atom stereocenters. The van der Waals surface area contributed by atoms with Gasteiger partial charge in [0, 0.05) is 36.4 Å². The monoisotopic (exact) mass is 581 g/mol. The van der Waals surface area contributed by atoms with Crippen molar-refractivity contribution in [3.8, 4) is 28.7 Å². The molecular weight excluding hydrogens is 546 g/mol. The molecular formula is C30H35N3O9. The molecule has 0 radical (unpaired) electrons. The van der Waals surface area contributed by atoms with Gasteiger partial charge in [-0.2, -0.15) is 0 Å². The number of nitrogens with one attached hydrogen (secondary N) is 3. The van der Waals surface area contributed by atoms with E-state index in [4.69, 9.17) is 28.4 Å². The molecule has 3 aromatic carbocycles. The third-order valence-electron chi connectivity index (χ3n) is 6.07. The Hall–Kier alpha value is -5.13. The number of aryl methyl sites for hydroxylation is 1. The maximum Gasteiger partial charge on any atom is 0.340 e. The van der Waals surface area contributed by atoms with Gasteiger partial charge in [-0.15, -0.1) is 0 Å². The van der Waals surface area contributed by atoms with Crippen LogP contribution in [0.3, 0.4) is 0 Å². The van der Waals surface area contributed by atoms with E-state index >= 15 is 0 Å². The highest BCUT2D eigenvalue weighted by Gasteiger charge is 2.20. The number of hydrogen-bond acceptors (Lipinski definition) is 9. The van der Waals surface area contributed by atoms with E-state index < -0.39 is 12.0 Å². The molecule has 3 rings (SSSR count). The third kappa shape index (κ3) is 7.96. The number of rotatable bonds is 13. The number of anilines is 3. The van der Waals surface area contributed by atoms with Crippen molar-refractivity contribution in [2.24, 2.45) is 0 Å². The summed E-state index contributed by atoms with van der Waals surface area (Å²) in [5, 5.41) is 8.26. The highest BCUT2D eigenvalue weighted by atomic mass is 16.5. The van der Waals surface area contributed by atoms with Gasteiger partial charge in [0.2, 0.25) is 11.7 Å². The van der Waals surface area contributed by atoms with Crippen molar-refractivity contribution in [2.75, 3.05) is 58.1 Å². The minimum Gasteiger partial charge on any atom is -0.493 e. The normalized spacial score (nSPS) is 10.2. The Morgan fingerprint density at radius 3 is 1.79 bits per heavy atom. The van der Waals surface area contributed by atoms with Crippen LogP contribution in [0, 0.1) is 0 Å². The van der Waals surface area contributed by atoms with Crippen LogP contribution in [0.2, 0.25) is 0 Å². The summed E-state index contributed by atoms with van der Waals surface area (Å²) in [6.45, 7) is 1.87. The summed E-state index contributed by atoms with van der Waals surface area (Å²) in [6.07, 6.45) is 0.566. The van der Waals surface area contributed by atoms with E-state index in [1.54, 1.807) is 31.2 Å². The molecule has 0 spiro atoms. The molecule has 0 aliphatic carbocycles. The SMILES string of the molecule is CCOC(=O)c1cc(OC)c(OC)cc1NC(=O)CCc1ccc(NC(=O)Nc2cc(OC)c(OC)c(OC)c2)cc1. The topological polar surface area (TPSA) is 143 Å². The zero-order valence-electron chi connectivity index (χ0n) is 24.4. The van der Waals surface area contributed by atoms with Crippen LogP contribution in [0.15, 0.2) is 48.5 Å². The summed E-state index contributed by atoms with van der Waals surface area (Å²) in [4.78, 5) is 37.8. The molecule has 12 nitrogen and oxygen atoms in total. The van der Waals surface area contributed by atoms with Gasteiger partial charge in [-0.3, -0.25) is 4.79 Å². The zero-order chi connectivity index (χ0) is 30.6. The van der Waals surface area contributed by atoms with Crippen LogP contribution in [0.1, 0.15) is 29.3 Å². The number of benzene rings is 3. The Morgan fingerprint density at radius 2 is 1.24 bits per heavy atom. The molecule has 3 N–H and O–H groups in total. The Labute approximate surface area is 244 Å². The van der Waals surface area contributed by atoms with Crippen LogP contribution < -0.4 is 39.6 Å². The van der Waals surface area contributed by atoms with Gasteiger partial charge < -0.3 is 44.4 Å². The van der Waals surface area contributed by atoms with Gasteiger partial charge in [0.25, 0.3) is 0 Å². The molecule has 0 aliphatic heterocycles. The maximum absolute atomic E-state index is 12.8. The number of methoxy groups -OCH3 is 5. The van der Waals surface area contributed by atoms with Crippen molar-refractivity contribution in [1.29, 1.82) is 0 Å². The van der Waals surface area contributed by atoms with Crippen LogP contribution in [-0.4, -0.2) is 60.1 Å². The van der Waals surface area contributed by atoms with Crippen LogP contribution in [0.25, 0.3) is 0 Å². The van der Waals surface area contributed by atoms with Gasteiger partial charge in [0.1, 0.15) is 0 Å². The van der Waals surface area contributed by atoms with E-state index in [1.807, 2.05) is 12.1 Å². The van der Waals surface area contributed by atoms with Crippen LogP contribution in [0.4, 0.5) is 21.9 Å². The summed E-state index contributed by atoms with van der Waals surface area (Å²) < 4.78 is 31.6. The Balaban J connectivity index is 1.60. The highest BCUT2D eigenvalue weighted by Crippen LogP contribution is 2.40. The summed E-state index contributed by atoms with van der Waals surface area (Å²) >= 11 is 0. The Bertz CT molecular complexity index is 1380. The quantitative estimate of drug-likeness (QED) is 0.234. The average molecular weight is 582 g/mol. The van der Waals surface area contributed by atoms with Crippen molar-refractivity contribution < 1.29 is 42.8 Å². The van der Waals surface area contributed by atoms with Crippen molar-refractivity contribution in [2.45, 2.75) is 19.8 Å². The lowest BCUT2D eigenvalue weighted by Crippen LogP contribution is -2.19. The molecule has 0 bridgehead atoms. The number of hydrogen-bond donors (Lipinski definition) is 3. The molecule has 3 aromatic rings. The molecule has 12 heteroatoms. The predicted octanol–water partition coefficient (Wildman–Crippen LogP) is 5.12. The molecule has 0 aliphatic rings. The lowest BCUT2D eigenvalue weighted by atomic mass is 10.1. The van der Waals surface area contributed by atoms with Gasteiger partial charge in [0.05, 0.1) is 59.1 Å². The number of carbonyl (C=O) groups excluding carboxylic acids is 3. The minimum atomic E-state index is -0.592. The second-order valence-corrected chi connectivity index (χ2v) is 8.71. The number of carbonyl (C=O) groups is 3. The van der Waals surface area contributed by atoms with Crippen molar-refractivity contribution in [3.63, 3.8) is 0 Å². The van der Waals surface area contributed by atoms with E-state index in [9.17, 15) is 14.4 Å². The number of urea groups is 1. The van der Waals surface area contributed by atoms with Crippen molar-refractivity contribution in [1.82, 2.24) is 0 Å². The molecule has 3 amide bonds. The summed E-state index contributed by atoms with van der Waals surface area (Å²) in [5.74, 6) is 1.03. The van der Waals surface area contributed by atoms with Crippen LogP contribution in [-0.2, 0) is 16.0 Å². The molecule has 0 heterocycles. The fraction of sp³-hybridized carbons (Fsp3) is 0.300. The van der Waals surface area contributed by atoms with Gasteiger partial charge in [0.15, 0.2) is 23.0 Å². The largest absolute Gasteiger partial charge is 0.493 e. The third-order valence-corrected chi connectivity index (χ3v) is 6.07. The van der Waals surface area contributed by atoms with Crippen LogP contribution >= 0.6 is 0 Å². The first-order valence-corrected chi connectivity index (χ1v) is 13.0. The molecule has 42 heavy (non-hydrogen) atoms. The van der Waals surface area contributed by atoms with E-state index in [0.717, 1.165) is 5.56 Å². The standard InChI is InChI=1S/C30H35N3O9/c1-7-42-29(35)21-16-23(37-2)24(38-3)17-22(21)33-27(34)13-10-18-8-11-19(12-9-18)31-30(36)32-20-14-25(39-4)28(41-6)26(15-20)40-5/h8-9,11-12,14-17H,7,10,13H2,1-6H3,(H,33,34)(H2,31,32,36). The smallest absolute Gasteiger partial charge is 0.340 e. The highest BCUT2D eigenvalue weighted by molar-refractivity contribution is 6.02. The lowest BCUT2D eigenvalue weighted by Gasteiger charge is -2.15. The first-order valence-electron chi connectivity index (χ1n) is 13.0. The van der Waals surface area contributed by atoms with Crippen molar-refractivity contribution in [3.05, 3.63) is 59.7 Å². The van der Waals surface area contributed by atoms with Gasteiger partial charge in [-0.05, 0) is 31.0 Å². The molecule has 0 saturated heterocycles. The molecule has 0 fully saturated rings. The number of amides is 3. The second kappa shape index (κ2) is 15.0. The summed E-state index contributed by atoms with van der Waals surface area (Å²) in [6, 6.07) is 12.8. The van der Waals surface area contributed by atoms with E-state index in [2.05, 4.69) is 16.0 Å². The molecule has 0 atom stereocenters. The Morgan fingerprint density at radius 1 is 0.667 bits per heavy atom. The van der Waals surface area contributed by atoms with Gasteiger partial charge in [-0.1, -0.05) is 12.1 Å².